The SMILES string of the molecule is COCCCOC(=O)Cc1ccccc1OCc1nn(C2CCC2)c2ncc(-c3ccc4ccnc(N)c4c3)cc12. The number of nitrogens with zero attached hydrogens (tertiary/aromatic N) is 4. The smallest absolute Gasteiger partial charge is 0.310 e. The molecule has 1 aliphatic rings. The third kappa shape index (κ3) is 5.71. The van der Waals surface area contributed by atoms with Gasteiger partial charge in [-0.1, -0.05) is 30.3 Å². The fraction of sp³-hybridized carbons (Fsp3) is 0.312. The van der Waals surface area contributed by atoms with Crippen molar-refractivity contribution in [1.29, 1.82) is 0 Å². The van der Waals surface area contributed by atoms with Crippen molar-refractivity contribution >= 4 is 33.6 Å². The zero-order valence-electron chi connectivity index (χ0n) is 23.1. The van der Waals surface area contributed by atoms with Crippen molar-refractivity contribution in [2.75, 3.05) is 26.1 Å². The van der Waals surface area contributed by atoms with E-state index in [-0.39, 0.29) is 19.0 Å². The maximum absolute atomic E-state index is 12.4. The Kier molecular flexibility index (Phi) is 7.78. The van der Waals surface area contributed by atoms with Gasteiger partial charge in [0.2, 0.25) is 0 Å². The number of esters is 1. The third-order valence-corrected chi connectivity index (χ3v) is 7.60. The average molecular weight is 552 g/mol. The number of methoxy groups -OCH3 is 1. The van der Waals surface area contributed by atoms with Crippen molar-refractivity contribution in [2.45, 2.75) is 44.8 Å². The molecule has 41 heavy (non-hydrogen) atoms. The lowest BCUT2D eigenvalue weighted by Gasteiger charge is -2.25. The number of carbonyl (C=O) groups is 1. The van der Waals surface area contributed by atoms with Gasteiger partial charge in [-0.2, -0.15) is 5.10 Å². The first-order chi connectivity index (χ1) is 20.1. The van der Waals surface area contributed by atoms with E-state index in [0.29, 0.717) is 37.2 Å². The van der Waals surface area contributed by atoms with Crippen LogP contribution in [0.3, 0.4) is 0 Å². The number of fused-ring (bicyclic) bond motifs is 2. The van der Waals surface area contributed by atoms with Crippen molar-refractivity contribution in [2.24, 2.45) is 0 Å². The highest BCUT2D eigenvalue weighted by Crippen LogP contribution is 2.36. The third-order valence-electron chi connectivity index (χ3n) is 7.60. The lowest BCUT2D eigenvalue weighted by Crippen LogP contribution is -2.18. The van der Waals surface area contributed by atoms with Crippen LogP contribution in [0.25, 0.3) is 32.9 Å². The number of pyridine rings is 2. The molecular formula is C32H33N5O4. The Balaban J connectivity index is 1.27. The molecule has 5 aromatic rings. The Morgan fingerprint density at radius 1 is 1.02 bits per heavy atom. The molecule has 3 heterocycles. The zero-order valence-corrected chi connectivity index (χ0v) is 23.1. The lowest BCUT2D eigenvalue weighted by atomic mass is 9.93. The number of nitrogens with two attached hydrogens (primary N) is 1. The number of ether oxygens (including phenoxy) is 3. The minimum absolute atomic E-state index is 0.131. The van der Waals surface area contributed by atoms with Gasteiger partial charge in [0.25, 0.3) is 0 Å². The van der Waals surface area contributed by atoms with E-state index in [1.54, 1.807) is 13.3 Å². The summed E-state index contributed by atoms with van der Waals surface area (Å²) >= 11 is 0. The molecule has 210 valence electrons. The van der Waals surface area contributed by atoms with E-state index in [1.165, 1.54) is 6.42 Å². The average Bonchev–Trinajstić information content (AvgIpc) is 3.31. The summed E-state index contributed by atoms with van der Waals surface area (Å²) < 4.78 is 18.7. The molecule has 0 bridgehead atoms. The Hall–Kier alpha value is -4.50. The second-order valence-electron chi connectivity index (χ2n) is 10.3. The second-order valence-corrected chi connectivity index (χ2v) is 10.3. The Bertz CT molecular complexity index is 1690. The van der Waals surface area contributed by atoms with Crippen molar-refractivity contribution in [1.82, 2.24) is 19.7 Å². The summed E-state index contributed by atoms with van der Waals surface area (Å²) in [5, 5.41) is 7.87. The molecule has 2 N–H and O–H groups in total. The highest BCUT2D eigenvalue weighted by atomic mass is 16.5. The van der Waals surface area contributed by atoms with Gasteiger partial charge in [-0.3, -0.25) is 4.79 Å². The molecule has 1 saturated carbocycles. The van der Waals surface area contributed by atoms with Gasteiger partial charge in [-0.05, 0) is 54.5 Å². The van der Waals surface area contributed by atoms with Crippen LogP contribution in [0, 0.1) is 0 Å². The van der Waals surface area contributed by atoms with E-state index in [9.17, 15) is 4.79 Å². The van der Waals surface area contributed by atoms with Crippen molar-refractivity contribution in [3.8, 4) is 16.9 Å². The molecule has 2 aromatic carbocycles. The van der Waals surface area contributed by atoms with Crippen molar-refractivity contribution < 1.29 is 19.0 Å². The van der Waals surface area contributed by atoms with Crippen LogP contribution in [0.15, 0.2) is 67.0 Å². The van der Waals surface area contributed by atoms with Gasteiger partial charge in [0, 0.05) is 54.4 Å². The van der Waals surface area contributed by atoms with Gasteiger partial charge in [0.05, 0.1) is 19.1 Å². The first-order valence-electron chi connectivity index (χ1n) is 14.0. The van der Waals surface area contributed by atoms with Gasteiger partial charge in [-0.25, -0.2) is 14.6 Å². The Morgan fingerprint density at radius 3 is 2.71 bits per heavy atom. The number of hydrogen-bond acceptors (Lipinski definition) is 8. The summed E-state index contributed by atoms with van der Waals surface area (Å²) in [7, 11) is 1.63. The number of anilines is 1. The number of para-hydroxylation sites is 1. The fourth-order valence-corrected chi connectivity index (χ4v) is 5.14. The molecule has 0 saturated heterocycles. The molecular weight excluding hydrogens is 518 g/mol. The zero-order chi connectivity index (χ0) is 28.2. The predicted molar refractivity (Wildman–Crippen MR) is 157 cm³/mol. The lowest BCUT2D eigenvalue weighted by molar-refractivity contribution is -0.143. The van der Waals surface area contributed by atoms with Gasteiger partial charge < -0.3 is 19.9 Å². The van der Waals surface area contributed by atoms with Crippen LogP contribution in [0.1, 0.15) is 43.0 Å². The highest BCUT2D eigenvalue weighted by Gasteiger charge is 2.25. The molecule has 0 amide bonds. The van der Waals surface area contributed by atoms with Crippen molar-refractivity contribution in [3.63, 3.8) is 0 Å². The van der Waals surface area contributed by atoms with E-state index in [1.807, 2.05) is 47.3 Å². The van der Waals surface area contributed by atoms with Crippen LogP contribution >= 0.6 is 0 Å². The van der Waals surface area contributed by atoms with Gasteiger partial charge in [0.1, 0.15) is 23.9 Å². The molecule has 3 aromatic heterocycles. The Labute approximate surface area is 238 Å². The van der Waals surface area contributed by atoms with Gasteiger partial charge in [-0.15, -0.1) is 0 Å². The van der Waals surface area contributed by atoms with E-state index in [2.05, 4.69) is 23.2 Å². The maximum atomic E-state index is 12.4. The van der Waals surface area contributed by atoms with E-state index >= 15 is 0 Å². The minimum atomic E-state index is -0.295. The van der Waals surface area contributed by atoms with Crippen LogP contribution in [0.5, 0.6) is 5.75 Å². The molecule has 0 radical (unpaired) electrons. The first kappa shape index (κ1) is 26.7. The number of nitrogen functional groups attached to an aromatic ring is 1. The number of benzene rings is 2. The van der Waals surface area contributed by atoms with Gasteiger partial charge >= 0.3 is 5.97 Å². The van der Waals surface area contributed by atoms with E-state index in [0.717, 1.165) is 57.0 Å². The van der Waals surface area contributed by atoms with E-state index in [4.69, 9.17) is 30.0 Å². The number of carbonyl (C=O) groups excluding carboxylic acids is 1. The van der Waals surface area contributed by atoms with Crippen LogP contribution in [-0.2, 0) is 27.3 Å². The summed E-state index contributed by atoms with van der Waals surface area (Å²) in [6.45, 7) is 1.13. The summed E-state index contributed by atoms with van der Waals surface area (Å²) in [6.07, 6.45) is 7.78. The van der Waals surface area contributed by atoms with Crippen LogP contribution in [-0.4, -0.2) is 46.0 Å². The normalized spacial score (nSPS) is 13.4. The maximum Gasteiger partial charge on any atom is 0.310 e. The fourth-order valence-electron chi connectivity index (χ4n) is 5.14. The van der Waals surface area contributed by atoms with Crippen LogP contribution < -0.4 is 10.5 Å². The molecule has 0 unspecified atom stereocenters. The minimum Gasteiger partial charge on any atom is -0.487 e. The molecule has 1 aliphatic carbocycles. The summed E-state index contributed by atoms with van der Waals surface area (Å²) in [5.41, 5.74) is 10.6. The van der Waals surface area contributed by atoms with E-state index < -0.39 is 0 Å². The topological polar surface area (TPSA) is 114 Å². The standard InChI is InChI=1S/C32H33N5O4/c1-39-14-5-15-40-30(38)18-23-6-2-3-9-29(23)41-20-28-27-17-24(19-35-32(27)37(36-28)25-7-4-8-25)22-11-10-21-12-13-34-31(33)26(21)16-22/h2-3,6,9-13,16-17,19,25H,4-5,7-8,14-15,18,20H2,1H3,(H2,33,34). The quantitative estimate of drug-likeness (QED) is 0.165. The van der Waals surface area contributed by atoms with Crippen molar-refractivity contribution in [3.05, 3.63) is 78.2 Å². The van der Waals surface area contributed by atoms with Crippen LogP contribution in [0.2, 0.25) is 0 Å². The van der Waals surface area contributed by atoms with Gasteiger partial charge in [0.15, 0.2) is 5.65 Å². The molecule has 0 spiro atoms. The number of rotatable bonds is 11. The molecule has 9 nitrogen and oxygen atoms in total. The number of hydrogen-bond donors (Lipinski definition) is 1. The Morgan fingerprint density at radius 2 is 1.88 bits per heavy atom. The monoisotopic (exact) mass is 551 g/mol. The molecule has 0 atom stereocenters. The van der Waals surface area contributed by atoms with Crippen LogP contribution in [0.4, 0.5) is 5.82 Å². The highest BCUT2D eigenvalue weighted by molar-refractivity contribution is 5.95. The largest absolute Gasteiger partial charge is 0.487 e. The molecule has 6 rings (SSSR count). The second kappa shape index (κ2) is 11.9. The predicted octanol–water partition coefficient (Wildman–Crippen LogP) is 5.65. The molecule has 1 fully saturated rings. The number of aromatic nitrogens is 4. The summed E-state index contributed by atoms with van der Waals surface area (Å²) in [6, 6.07) is 18.1. The molecule has 9 heteroatoms. The summed E-state index contributed by atoms with van der Waals surface area (Å²) in [5.74, 6) is 0.842. The first-order valence-corrected chi connectivity index (χ1v) is 14.0. The molecule has 0 aliphatic heterocycles. The summed E-state index contributed by atoms with van der Waals surface area (Å²) in [4.78, 5) is 21.5.